The maximum atomic E-state index is 11.8. The fourth-order valence-electron chi connectivity index (χ4n) is 3.04. The summed E-state index contributed by atoms with van der Waals surface area (Å²) in [6, 6.07) is 16.8. The van der Waals surface area contributed by atoms with E-state index in [1.54, 1.807) is 0 Å². The number of rotatable bonds is 3. The molecule has 1 saturated carbocycles. The van der Waals surface area contributed by atoms with Crippen LogP contribution in [0.25, 0.3) is 11.1 Å². The monoisotopic (exact) mass is 264 g/mol. The molecule has 0 N–H and O–H groups in total. The normalized spacial score (nSPS) is 16.6. The average Bonchev–Trinajstić information content (AvgIpc) is 3.29. The number of carbonyl (C=O) groups is 1. The molecule has 0 atom stereocenters. The lowest BCUT2D eigenvalue weighted by Crippen LogP contribution is -2.13. The number of hydrogen-bond donors (Lipinski definition) is 0. The first-order valence-corrected chi connectivity index (χ1v) is 7.19. The third-order valence-electron chi connectivity index (χ3n) is 4.27. The highest BCUT2D eigenvalue weighted by atomic mass is 16.5. The van der Waals surface area contributed by atoms with Gasteiger partial charge >= 0.3 is 5.97 Å². The fourth-order valence-corrected chi connectivity index (χ4v) is 3.04. The van der Waals surface area contributed by atoms with Gasteiger partial charge in [0.2, 0.25) is 0 Å². The minimum absolute atomic E-state index is 0.0214. The lowest BCUT2D eigenvalue weighted by atomic mass is 9.98. The Hall–Kier alpha value is -2.09. The average molecular weight is 264 g/mol. The van der Waals surface area contributed by atoms with Crippen LogP contribution in [0.3, 0.4) is 0 Å². The Morgan fingerprint density at radius 3 is 2.05 bits per heavy atom. The molecule has 0 saturated heterocycles. The Labute approximate surface area is 118 Å². The molecule has 100 valence electrons. The number of hydrogen-bond acceptors (Lipinski definition) is 2. The van der Waals surface area contributed by atoms with Crippen molar-refractivity contribution in [2.24, 2.45) is 5.92 Å². The second-order valence-corrected chi connectivity index (χ2v) is 5.63. The molecule has 20 heavy (non-hydrogen) atoms. The summed E-state index contributed by atoms with van der Waals surface area (Å²) in [4.78, 5) is 11.8. The third kappa shape index (κ3) is 1.83. The van der Waals surface area contributed by atoms with E-state index in [0.717, 1.165) is 12.8 Å². The zero-order chi connectivity index (χ0) is 13.5. The molecule has 2 aliphatic carbocycles. The van der Waals surface area contributed by atoms with E-state index in [4.69, 9.17) is 4.74 Å². The molecule has 2 heteroatoms. The van der Waals surface area contributed by atoms with Crippen LogP contribution in [0.5, 0.6) is 0 Å². The van der Waals surface area contributed by atoms with Crippen LogP contribution in [0.4, 0.5) is 0 Å². The van der Waals surface area contributed by atoms with Gasteiger partial charge in [0.25, 0.3) is 0 Å². The van der Waals surface area contributed by atoms with Crippen molar-refractivity contribution in [1.29, 1.82) is 0 Å². The minimum Gasteiger partial charge on any atom is -0.464 e. The molecule has 2 aromatic rings. The highest BCUT2D eigenvalue weighted by Gasteiger charge is 2.33. The van der Waals surface area contributed by atoms with E-state index < -0.39 is 0 Å². The molecule has 0 aromatic heterocycles. The van der Waals surface area contributed by atoms with E-state index in [9.17, 15) is 4.79 Å². The number of benzene rings is 2. The smallest absolute Gasteiger partial charge is 0.308 e. The van der Waals surface area contributed by atoms with E-state index in [1.165, 1.54) is 22.3 Å². The van der Waals surface area contributed by atoms with E-state index in [0.29, 0.717) is 6.61 Å². The van der Waals surface area contributed by atoms with Crippen LogP contribution in [-0.4, -0.2) is 12.6 Å². The quantitative estimate of drug-likeness (QED) is 0.789. The van der Waals surface area contributed by atoms with Crippen LogP contribution < -0.4 is 0 Å². The molecule has 0 radical (unpaired) electrons. The minimum atomic E-state index is -0.0214. The van der Waals surface area contributed by atoms with Crippen molar-refractivity contribution in [3.05, 3.63) is 59.7 Å². The van der Waals surface area contributed by atoms with Gasteiger partial charge in [-0.05, 0) is 35.1 Å². The second-order valence-electron chi connectivity index (χ2n) is 5.63. The van der Waals surface area contributed by atoms with Gasteiger partial charge in [0.1, 0.15) is 6.61 Å². The van der Waals surface area contributed by atoms with Crippen molar-refractivity contribution in [1.82, 2.24) is 0 Å². The summed E-state index contributed by atoms with van der Waals surface area (Å²) in [5, 5.41) is 0. The van der Waals surface area contributed by atoms with E-state index >= 15 is 0 Å². The molecule has 0 heterocycles. The maximum absolute atomic E-state index is 11.8. The molecule has 4 rings (SSSR count). The van der Waals surface area contributed by atoms with Gasteiger partial charge in [0, 0.05) is 5.92 Å². The standard InChI is InChI=1S/C18H16O2/c19-18(12-9-10-12)20-11-17-15-7-3-1-5-13(15)14-6-2-4-8-16(14)17/h1-8,12,17H,9-11H2. The summed E-state index contributed by atoms with van der Waals surface area (Å²) >= 11 is 0. The van der Waals surface area contributed by atoms with E-state index in [-0.39, 0.29) is 17.8 Å². The number of ether oxygens (including phenoxy) is 1. The maximum Gasteiger partial charge on any atom is 0.308 e. The Bertz CT molecular complexity index is 625. The SMILES string of the molecule is O=C(OCC1c2ccccc2-c2ccccc21)C1CC1. The molecular formula is C18H16O2. The highest BCUT2D eigenvalue weighted by molar-refractivity contribution is 5.79. The highest BCUT2D eigenvalue weighted by Crippen LogP contribution is 2.44. The molecule has 1 fully saturated rings. The van der Waals surface area contributed by atoms with Gasteiger partial charge in [-0.1, -0.05) is 48.5 Å². The summed E-state index contributed by atoms with van der Waals surface area (Å²) in [5.41, 5.74) is 5.10. The predicted molar refractivity (Wildman–Crippen MR) is 77.4 cm³/mol. The molecule has 0 amide bonds. The summed E-state index contributed by atoms with van der Waals surface area (Å²) in [6.45, 7) is 0.462. The van der Waals surface area contributed by atoms with Gasteiger partial charge in [0.15, 0.2) is 0 Å². The Balaban J connectivity index is 1.66. The largest absolute Gasteiger partial charge is 0.464 e. The van der Waals surface area contributed by atoms with Gasteiger partial charge in [-0.15, -0.1) is 0 Å². The molecule has 0 spiro atoms. The van der Waals surface area contributed by atoms with Crippen molar-refractivity contribution < 1.29 is 9.53 Å². The van der Waals surface area contributed by atoms with E-state index in [1.807, 2.05) is 0 Å². The molecular weight excluding hydrogens is 248 g/mol. The van der Waals surface area contributed by atoms with Crippen LogP contribution in [0.1, 0.15) is 29.9 Å². The van der Waals surface area contributed by atoms with Crippen LogP contribution in [-0.2, 0) is 9.53 Å². The van der Waals surface area contributed by atoms with Crippen molar-refractivity contribution in [3.8, 4) is 11.1 Å². The summed E-state index contributed by atoms with van der Waals surface area (Å²) in [5.74, 6) is 0.332. The lowest BCUT2D eigenvalue weighted by Gasteiger charge is -2.13. The van der Waals surface area contributed by atoms with Gasteiger partial charge in [-0.3, -0.25) is 4.79 Å². The predicted octanol–water partition coefficient (Wildman–Crippen LogP) is 3.75. The summed E-state index contributed by atoms with van der Waals surface area (Å²) in [7, 11) is 0. The number of fused-ring (bicyclic) bond motifs is 3. The Morgan fingerprint density at radius 1 is 0.950 bits per heavy atom. The first-order valence-electron chi connectivity index (χ1n) is 7.19. The second kappa shape index (κ2) is 4.48. The molecule has 2 aromatic carbocycles. The fraction of sp³-hybridized carbons (Fsp3) is 0.278. The topological polar surface area (TPSA) is 26.3 Å². The van der Waals surface area contributed by atoms with Crippen LogP contribution in [0, 0.1) is 5.92 Å². The van der Waals surface area contributed by atoms with Crippen LogP contribution in [0.2, 0.25) is 0 Å². The number of esters is 1. The van der Waals surface area contributed by atoms with Gasteiger partial charge < -0.3 is 4.74 Å². The van der Waals surface area contributed by atoms with Crippen molar-refractivity contribution in [2.45, 2.75) is 18.8 Å². The molecule has 2 nitrogen and oxygen atoms in total. The molecule has 0 unspecified atom stereocenters. The van der Waals surface area contributed by atoms with Gasteiger partial charge in [-0.25, -0.2) is 0 Å². The molecule has 0 aliphatic heterocycles. The van der Waals surface area contributed by atoms with Crippen molar-refractivity contribution in [2.75, 3.05) is 6.61 Å². The first kappa shape index (κ1) is 11.7. The van der Waals surface area contributed by atoms with Crippen LogP contribution >= 0.6 is 0 Å². The third-order valence-corrected chi connectivity index (χ3v) is 4.27. The molecule has 2 aliphatic rings. The zero-order valence-corrected chi connectivity index (χ0v) is 11.2. The zero-order valence-electron chi connectivity index (χ0n) is 11.2. The number of carbonyl (C=O) groups excluding carboxylic acids is 1. The lowest BCUT2D eigenvalue weighted by molar-refractivity contribution is -0.145. The van der Waals surface area contributed by atoms with Crippen LogP contribution in [0.15, 0.2) is 48.5 Å². The summed E-state index contributed by atoms with van der Waals surface area (Å²) in [6.07, 6.45) is 1.99. The van der Waals surface area contributed by atoms with Crippen molar-refractivity contribution >= 4 is 5.97 Å². The summed E-state index contributed by atoms with van der Waals surface area (Å²) < 4.78 is 5.52. The van der Waals surface area contributed by atoms with E-state index in [2.05, 4.69) is 48.5 Å². The first-order chi connectivity index (χ1) is 9.84. The Kier molecular flexibility index (Phi) is 2.62. The van der Waals surface area contributed by atoms with Gasteiger partial charge in [-0.2, -0.15) is 0 Å². The Morgan fingerprint density at radius 2 is 1.50 bits per heavy atom. The van der Waals surface area contributed by atoms with Crippen molar-refractivity contribution in [3.63, 3.8) is 0 Å². The molecule has 0 bridgehead atoms. The van der Waals surface area contributed by atoms with Gasteiger partial charge in [0.05, 0.1) is 5.92 Å².